The van der Waals surface area contributed by atoms with Gasteiger partial charge in [-0.2, -0.15) is 0 Å². The second-order valence-corrected chi connectivity index (χ2v) is 10.6. The molecular weight excluding hydrogens is 480 g/mol. The molecule has 1 aliphatic rings. The fourth-order valence-electron chi connectivity index (χ4n) is 3.27. The number of amides is 1. The zero-order chi connectivity index (χ0) is 21.3. The summed E-state index contributed by atoms with van der Waals surface area (Å²) in [5, 5.41) is 1.23. The van der Waals surface area contributed by atoms with Crippen LogP contribution in [-0.2, 0) is 16.4 Å². The van der Waals surface area contributed by atoms with Gasteiger partial charge in [-0.1, -0.05) is 52.5 Å². The van der Waals surface area contributed by atoms with Crippen LogP contribution < -0.4 is 4.74 Å². The van der Waals surface area contributed by atoms with Crippen LogP contribution in [0.25, 0.3) is 0 Å². The van der Waals surface area contributed by atoms with E-state index in [4.69, 9.17) is 51.1 Å². The van der Waals surface area contributed by atoms with Crippen molar-refractivity contribution in [3.05, 3.63) is 61.5 Å². The van der Waals surface area contributed by atoms with Gasteiger partial charge in [-0.15, -0.1) is 0 Å². The molecule has 29 heavy (non-hydrogen) atoms. The predicted molar refractivity (Wildman–Crippen MR) is 116 cm³/mol. The zero-order valence-corrected chi connectivity index (χ0v) is 19.1. The van der Waals surface area contributed by atoms with Gasteiger partial charge in [0, 0.05) is 28.2 Å². The van der Waals surface area contributed by atoms with E-state index >= 15 is 0 Å². The second kappa shape index (κ2) is 8.90. The molecule has 5 nitrogen and oxygen atoms in total. The lowest BCUT2D eigenvalue weighted by atomic mass is 10.1. The summed E-state index contributed by atoms with van der Waals surface area (Å²) < 4.78 is 29.2. The van der Waals surface area contributed by atoms with Crippen molar-refractivity contribution in [3.8, 4) is 5.75 Å². The van der Waals surface area contributed by atoms with E-state index in [2.05, 4.69) is 0 Å². The van der Waals surface area contributed by atoms with Crippen molar-refractivity contribution in [1.82, 2.24) is 4.90 Å². The van der Waals surface area contributed by atoms with Crippen molar-refractivity contribution < 1.29 is 17.9 Å². The molecule has 1 unspecified atom stereocenters. The number of halogens is 4. The molecule has 1 saturated heterocycles. The average molecular weight is 497 g/mol. The van der Waals surface area contributed by atoms with Gasteiger partial charge in [0.1, 0.15) is 0 Å². The van der Waals surface area contributed by atoms with Gasteiger partial charge in [-0.05, 0) is 36.2 Å². The number of nitrogens with zero attached hydrogens (tertiary/aromatic N) is 1. The quantitative estimate of drug-likeness (QED) is 0.575. The predicted octanol–water partition coefficient (Wildman–Crippen LogP) is 5.14. The van der Waals surface area contributed by atoms with Crippen LogP contribution in [0.4, 0.5) is 0 Å². The summed E-state index contributed by atoms with van der Waals surface area (Å²) in [5.74, 6) is -0.216. The molecule has 2 aromatic carbocycles. The highest BCUT2D eigenvalue weighted by Crippen LogP contribution is 2.35. The van der Waals surface area contributed by atoms with Gasteiger partial charge < -0.3 is 9.64 Å². The van der Waals surface area contributed by atoms with Crippen molar-refractivity contribution in [2.75, 3.05) is 18.6 Å². The van der Waals surface area contributed by atoms with Gasteiger partial charge in [0.2, 0.25) is 0 Å². The third-order valence-electron chi connectivity index (χ3n) is 4.72. The first-order valence-corrected chi connectivity index (χ1v) is 11.9. The van der Waals surface area contributed by atoms with Crippen molar-refractivity contribution >= 4 is 62.1 Å². The number of ether oxygens (including phenoxy) is 1. The Bertz CT molecular complexity index is 1040. The van der Waals surface area contributed by atoms with Crippen molar-refractivity contribution in [1.29, 1.82) is 0 Å². The van der Waals surface area contributed by atoms with Crippen molar-refractivity contribution in [3.63, 3.8) is 0 Å². The first kappa shape index (κ1) is 22.5. The Morgan fingerprint density at radius 2 is 1.76 bits per heavy atom. The van der Waals surface area contributed by atoms with Gasteiger partial charge in [-0.3, -0.25) is 4.79 Å². The summed E-state index contributed by atoms with van der Waals surface area (Å²) in [4.78, 5) is 14.8. The molecule has 0 bridgehead atoms. The lowest BCUT2D eigenvalue weighted by Gasteiger charge is -2.29. The van der Waals surface area contributed by atoms with Crippen LogP contribution in [0.15, 0.2) is 30.3 Å². The SMILES string of the molecule is COc1c(Cl)cc(C(=O)N(Cc2ccc(Cl)cc2Cl)C2CCS(=O)(=O)C2)cc1Cl. The van der Waals surface area contributed by atoms with E-state index in [-0.39, 0.29) is 39.4 Å². The highest BCUT2D eigenvalue weighted by molar-refractivity contribution is 7.91. The molecule has 0 N–H and O–H groups in total. The second-order valence-electron chi connectivity index (χ2n) is 6.70. The number of hydrogen-bond acceptors (Lipinski definition) is 4. The molecule has 0 radical (unpaired) electrons. The summed E-state index contributed by atoms with van der Waals surface area (Å²) in [5.41, 5.74) is 0.884. The third-order valence-corrected chi connectivity index (χ3v) is 7.61. The highest BCUT2D eigenvalue weighted by atomic mass is 35.5. The van der Waals surface area contributed by atoms with Crippen molar-refractivity contribution in [2.24, 2.45) is 0 Å². The molecule has 0 spiro atoms. The molecule has 0 saturated carbocycles. The van der Waals surface area contributed by atoms with E-state index in [1.165, 1.54) is 24.1 Å². The maximum Gasteiger partial charge on any atom is 0.254 e. The Kier molecular flexibility index (Phi) is 6.91. The molecule has 1 fully saturated rings. The molecule has 2 aromatic rings. The molecule has 10 heteroatoms. The van der Waals surface area contributed by atoms with Crippen LogP contribution in [0.1, 0.15) is 22.3 Å². The first-order valence-electron chi connectivity index (χ1n) is 8.59. The number of carbonyl (C=O) groups is 1. The summed E-state index contributed by atoms with van der Waals surface area (Å²) in [7, 11) is -1.79. The minimum Gasteiger partial charge on any atom is -0.494 e. The molecule has 1 amide bonds. The van der Waals surface area contributed by atoms with Gasteiger partial charge in [-0.25, -0.2) is 8.42 Å². The number of methoxy groups -OCH3 is 1. The summed E-state index contributed by atoms with van der Waals surface area (Å²) in [6.07, 6.45) is 0.344. The maximum absolute atomic E-state index is 13.3. The fraction of sp³-hybridized carbons (Fsp3) is 0.316. The van der Waals surface area contributed by atoms with Crippen molar-refractivity contribution in [2.45, 2.75) is 19.0 Å². The number of carbonyl (C=O) groups excluding carboxylic acids is 1. The Labute approximate surface area is 189 Å². The van der Waals surface area contributed by atoms with Crippen LogP contribution >= 0.6 is 46.4 Å². The fourth-order valence-corrected chi connectivity index (χ4v) is 6.11. The van der Waals surface area contributed by atoms with Gasteiger partial charge in [0.05, 0.1) is 28.7 Å². The molecular formula is C19H17Cl4NO4S. The summed E-state index contributed by atoms with van der Waals surface area (Å²) >= 11 is 24.6. The molecule has 156 valence electrons. The van der Waals surface area contributed by atoms with E-state index in [9.17, 15) is 13.2 Å². The van der Waals surface area contributed by atoms with E-state index < -0.39 is 21.8 Å². The molecule has 3 rings (SSSR count). The van der Waals surface area contributed by atoms with Gasteiger partial charge >= 0.3 is 0 Å². The zero-order valence-electron chi connectivity index (χ0n) is 15.3. The molecule has 0 aliphatic carbocycles. The number of rotatable bonds is 5. The Morgan fingerprint density at radius 3 is 2.28 bits per heavy atom. The molecule has 0 aromatic heterocycles. The Hall–Kier alpha value is -1.18. The minimum absolute atomic E-state index is 0.0277. The standard InChI is InChI=1S/C19H17Cl4NO4S/c1-28-18-16(22)6-12(7-17(18)23)19(25)24(14-4-5-29(26,27)10-14)9-11-2-3-13(20)8-15(11)21/h2-3,6-8,14H,4-5,9-10H2,1H3. The Balaban J connectivity index is 1.99. The van der Waals surface area contributed by atoms with Crippen LogP contribution in [0.2, 0.25) is 20.1 Å². The number of benzene rings is 2. The third kappa shape index (κ3) is 5.12. The monoisotopic (exact) mass is 495 g/mol. The maximum atomic E-state index is 13.3. The van der Waals surface area contributed by atoms with Crippen LogP contribution in [0, 0.1) is 0 Å². The van der Waals surface area contributed by atoms with E-state index in [1.54, 1.807) is 18.2 Å². The number of hydrogen-bond donors (Lipinski definition) is 0. The number of sulfone groups is 1. The minimum atomic E-state index is -3.21. The normalized spacial score (nSPS) is 17.9. The molecule has 1 atom stereocenters. The highest BCUT2D eigenvalue weighted by Gasteiger charge is 2.35. The Morgan fingerprint density at radius 1 is 1.10 bits per heavy atom. The van der Waals surface area contributed by atoms with E-state index in [0.29, 0.717) is 22.0 Å². The average Bonchev–Trinajstić information content (AvgIpc) is 3.00. The lowest BCUT2D eigenvalue weighted by Crippen LogP contribution is -2.40. The van der Waals surface area contributed by atoms with Crippen LogP contribution in [0.5, 0.6) is 5.75 Å². The van der Waals surface area contributed by atoms with E-state index in [1.807, 2.05) is 0 Å². The molecule has 1 aliphatic heterocycles. The summed E-state index contributed by atoms with van der Waals surface area (Å²) in [6, 6.07) is 7.37. The lowest BCUT2D eigenvalue weighted by molar-refractivity contribution is 0.0681. The van der Waals surface area contributed by atoms with Crippen LogP contribution in [0.3, 0.4) is 0 Å². The largest absolute Gasteiger partial charge is 0.494 e. The van der Waals surface area contributed by atoms with E-state index in [0.717, 1.165) is 0 Å². The smallest absolute Gasteiger partial charge is 0.254 e. The van der Waals surface area contributed by atoms with Gasteiger partial charge in [0.25, 0.3) is 5.91 Å². The van der Waals surface area contributed by atoms with Gasteiger partial charge in [0.15, 0.2) is 15.6 Å². The molecule has 1 heterocycles. The first-order chi connectivity index (χ1) is 13.6. The van der Waals surface area contributed by atoms with Crippen LogP contribution in [-0.4, -0.2) is 43.9 Å². The summed E-state index contributed by atoms with van der Waals surface area (Å²) in [6.45, 7) is 0.121. The topological polar surface area (TPSA) is 63.7 Å².